The lowest BCUT2D eigenvalue weighted by Crippen LogP contribution is -2.43. The van der Waals surface area contributed by atoms with Crippen molar-refractivity contribution in [2.75, 3.05) is 45.2 Å². The lowest BCUT2D eigenvalue weighted by atomic mass is 9.81. The minimum absolute atomic E-state index is 0.0434. The van der Waals surface area contributed by atoms with Gasteiger partial charge in [-0.3, -0.25) is 9.59 Å². The summed E-state index contributed by atoms with van der Waals surface area (Å²) in [6, 6.07) is 14.9. The molecule has 1 aliphatic heterocycles. The van der Waals surface area contributed by atoms with Gasteiger partial charge in [0.1, 0.15) is 0 Å². The third-order valence-corrected chi connectivity index (χ3v) is 6.83. The highest BCUT2D eigenvalue weighted by Gasteiger charge is 2.30. The van der Waals surface area contributed by atoms with E-state index in [1.807, 2.05) is 48.2 Å². The smallest absolute Gasteiger partial charge is 0.251 e. The molecule has 8 heteroatoms. The first-order chi connectivity index (χ1) is 17.3. The van der Waals surface area contributed by atoms with Gasteiger partial charge in [0.15, 0.2) is 0 Å². The molecule has 0 unspecified atom stereocenters. The molecule has 0 spiro atoms. The van der Waals surface area contributed by atoms with E-state index in [0.717, 1.165) is 56.6 Å². The molecule has 0 bridgehead atoms. The lowest BCUT2D eigenvalue weighted by Gasteiger charge is -2.38. The van der Waals surface area contributed by atoms with E-state index in [0.29, 0.717) is 24.2 Å². The Labute approximate surface area is 214 Å². The lowest BCUT2D eigenvalue weighted by molar-refractivity contribution is -0.134. The van der Waals surface area contributed by atoms with Crippen LogP contribution in [0.5, 0.6) is 0 Å². The number of carbonyl (C=O) groups excluding carboxylic acids is 2. The molecule has 2 aromatic rings. The number of hydrogen-bond acceptors (Lipinski definition) is 6. The Balaban J connectivity index is 1.32. The maximum Gasteiger partial charge on any atom is 0.251 e. The van der Waals surface area contributed by atoms with Crippen molar-refractivity contribution in [2.45, 2.75) is 45.4 Å². The molecule has 2 aromatic carbocycles. The molecule has 194 valence electrons. The van der Waals surface area contributed by atoms with Crippen molar-refractivity contribution in [2.24, 2.45) is 15.6 Å². The quantitative estimate of drug-likeness (QED) is 0.337. The molecule has 8 nitrogen and oxygen atoms in total. The molecular formula is C28H39N5O3. The van der Waals surface area contributed by atoms with Gasteiger partial charge >= 0.3 is 0 Å². The Kier molecular flexibility index (Phi) is 9.99. The van der Waals surface area contributed by atoms with E-state index in [9.17, 15) is 14.7 Å². The number of amides is 2. The maximum absolute atomic E-state index is 12.4. The van der Waals surface area contributed by atoms with Gasteiger partial charge in [0.05, 0.1) is 11.4 Å². The summed E-state index contributed by atoms with van der Waals surface area (Å²) in [7, 11) is 3.98. The topological polar surface area (TPSA) is 97.6 Å². The van der Waals surface area contributed by atoms with Gasteiger partial charge in [0.2, 0.25) is 5.91 Å². The molecule has 1 heterocycles. The van der Waals surface area contributed by atoms with Crippen LogP contribution in [-0.4, -0.2) is 62.2 Å². The second kappa shape index (κ2) is 13.2. The first-order valence-corrected chi connectivity index (χ1v) is 12.8. The number of nitrogens with one attached hydrogen (secondary N) is 1. The normalized spacial score (nSPS) is 15.2. The SMILES string of the molecule is CN(C)c1ccc(/N=N/c2ccc(C(=O)NCCCCCC(=O)N3CCC(C)(CO)CC3)cc2)cc1. The summed E-state index contributed by atoms with van der Waals surface area (Å²) < 4.78 is 0. The predicted molar refractivity (Wildman–Crippen MR) is 143 cm³/mol. The molecule has 0 aliphatic carbocycles. The zero-order valence-electron chi connectivity index (χ0n) is 21.7. The molecule has 2 N–H and O–H groups in total. The van der Waals surface area contributed by atoms with Crippen LogP contribution in [0.2, 0.25) is 0 Å². The minimum Gasteiger partial charge on any atom is -0.396 e. The number of likely N-dealkylation sites (tertiary alicyclic amines) is 1. The number of azo groups is 1. The van der Waals surface area contributed by atoms with Crippen molar-refractivity contribution < 1.29 is 14.7 Å². The van der Waals surface area contributed by atoms with Gasteiger partial charge in [-0.05, 0) is 79.6 Å². The molecule has 0 atom stereocenters. The molecule has 0 radical (unpaired) electrons. The Morgan fingerprint density at radius 2 is 1.53 bits per heavy atom. The Hall–Kier alpha value is -3.26. The molecule has 1 aliphatic rings. The van der Waals surface area contributed by atoms with Crippen LogP contribution < -0.4 is 10.2 Å². The zero-order chi connectivity index (χ0) is 26.0. The number of piperidine rings is 1. The third kappa shape index (κ3) is 8.16. The molecule has 0 saturated carbocycles. The van der Waals surface area contributed by atoms with Crippen LogP contribution in [0.3, 0.4) is 0 Å². The number of aliphatic hydroxyl groups is 1. The summed E-state index contributed by atoms with van der Waals surface area (Å²) in [6.45, 7) is 4.31. The number of carbonyl (C=O) groups is 2. The van der Waals surface area contributed by atoms with Crippen molar-refractivity contribution in [3.05, 3.63) is 54.1 Å². The maximum atomic E-state index is 12.4. The zero-order valence-corrected chi connectivity index (χ0v) is 21.7. The van der Waals surface area contributed by atoms with E-state index >= 15 is 0 Å². The summed E-state index contributed by atoms with van der Waals surface area (Å²) in [5.74, 6) is 0.0796. The van der Waals surface area contributed by atoms with Crippen LogP contribution >= 0.6 is 0 Å². The molecular weight excluding hydrogens is 454 g/mol. The fourth-order valence-electron chi connectivity index (χ4n) is 4.11. The van der Waals surface area contributed by atoms with Crippen molar-refractivity contribution >= 4 is 28.9 Å². The summed E-state index contributed by atoms with van der Waals surface area (Å²) in [4.78, 5) is 28.7. The number of anilines is 1. The first kappa shape index (κ1) is 27.3. The molecule has 36 heavy (non-hydrogen) atoms. The van der Waals surface area contributed by atoms with Crippen LogP contribution in [0.4, 0.5) is 17.1 Å². The van der Waals surface area contributed by atoms with E-state index in [1.165, 1.54) is 0 Å². The summed E-state index contributed by atoms with van der Waals surface area (Å²) in [5, 5.41) is 20.9. The van der Waals surface area contributed by atoms with E-state index in [2.05, 4.69) is 22.5 Å². The van der Waals surface area contributed by atoms with Gasteiger partial charge in [0.25, 0.3) is 5.91 Å². The molecule has 1 saturated heterocycles. The van der Waals surface area contributed by atoms with Crippen molar-refractivity contribution in [1.29, 1.82) is 0 Å². The van der Waals surface area contributed by atoms with Gasteiger partial charge < -0.3 is 20.2 Å². The second-order valence-corrected chi connectivity index (χ2v) is 10.1. The van der Waals surface area contributed by atoms with Crippen molar-refractivity contribution in [3.63, 3.8) is 0 Å². The van der Waals surface area contributed by atoms with Crippen LogP contribution in [-0.2, 0) is 4.79 Å². The summed E-state index contributed by atoms with van der Waals surface area (Å²) in [5.41, 5.74) is 3.09. The van der Waals surface area contributed by atoms with E-state index in [4.69, 9.17) is 0 Å². The number of benzene rings is 2. The Bertz CT molecular complexity index is 1010. The average Bonchev–Trinajstić information content (AvgIpc) is 2.90. The van der Waals surface area contributed by atoms with Crippen LogP contribution in [0.15, 0.2) is 58.8 Å². The van der Waals surface area contributed by atoms with E-state index in [1.54, 1.807) is 24.3 Å². The van der Waals surface area contributed by atoms with Crippen molar-refractivity contribution in [3.8, 4) is 0 Å². The predicted octanol–water partition coefficient (Wildman–Crippen LogP) is 5.08. The van der Waals surface area contributed by atoms with Gasteiger partial charge in [0, 0.05) is 58.0 Å². The van der Waals surface area contributed by atoms with Gasteiger partial charge in [-0.1, -0.05) is 13.3 Å². The fourth-order valence-corrected chi connectivity index (χ4v) is 4.11. The summed E-state index contributed by atoms with van der Waals surface area (Å²) >= 11 is 0. The standard InChI is InChI=1S/C28H39N5O3/c1-28(21-34)16-19-33(20-17-28)26(35)7-5-4-6-18-29-27(36)22-8-10-23(11-9-22)30-31-24-12-14-25(15-13-24)32(2)3/h8-15,34H,4-7,16-21H2,1-3H3,(H,29,36)/b31-30+. The number of hydrogen-bond donors (Lipinski definition) is 2. The Morgan fingerprint density at radius 3 is 2.08 bits per heavy atom. The van der Waals surface area contributed by atoms with E-state index in [-0.39, 0.29) is 23.8 Å². The average molecular weight is 494 g/mol. The highest BCUT2D eigenvalue weighted by Crippen LogP contribution is 2.30. The van der Waals surface area contributed by atoms with Gasteiger partial charge in [-0.15, -0.1) is 0 Å². The third-order valence-electron chi connectivity index (χ3n) is 6.83. The second-order valence-electron chi connectivity index (χ2n) is 10.1. The summed E-state index contributed by atoms with van der Waals surface area (Å²) in [6.07, 6.45) is 4.80. The minimum atomic E-state index is -0.117. The van der Waals surface area contributed by atoms with Crippen LogP contribution in [0.25, 0.3) is 0 Å². The van der Waals surface area contributed by atoms with Gasteiger partial charge in [-0.25, -0.2) is 0 Å². The highest BCUT2D eigenvalue weighted by atomic mass is 16.3. The number of aliphatic hydroxyl groups excluding tert-OH is 1. The first-order valence-electron chi connectivity index (χ1n) is 12.8. The molecule has 2 amide bonds. The number of rotatable bonds is 11. The van der Waals surface area contributed by atoms with Crippen molar-refractivity contribution in [1.82, 2.24) is 10.2 Å². The molecule has 3 rings (SSSR count). The monoisotopic (exact) mass is 493 g/mol. The van der Waals surface area contributed by atoms with Crippen LogP contribution in [0, 0.1) is 5.41 Å². The molecule has 0 aromatic heterocycles. The Morgan fingerprint density at radius 1 is 0.944 bits per heavy atom. The molecule has 1 fully saturated rings. The number of unbranched alkanes of at least 4 members (excludes halogenated alkanes) is 2. The number of nitrogens with zero attached hydrogens (tertiary/aromatic N) is 4. The van der Waals surface area contributed by atoms with Crippen LogP contribution in [0.1, 0.15) is 55.8 Å². The largest absolute Gasteiger partial charge is 0.396 e. The highest BCUT2D eigenvalue weighted by molar-refractivity contribution is 5.94. The fraction of sp³-hybridized carbons (Fsp3) is 0.500. The van der Waals surface area contributed by atoms with E-state index < -0.39 is 0 Å². The van der Waals surface area contributed by atoms with Gasteiger partial charge in [-0.2, -0.15) is 10.2 Å².